The van der Waals surface area contributed by atoms with Gasteiger partial charge in [-0.2, -0.15) is 10.4 Å². The molecule has 2 aromatic rings. The highest BCUT2D eigenvalue weighted by atomic mass is 16.5. The van der Waals surface area contributed by atoms with Crippen molar-refractivity contribution in [3.63, 3.8) is 0 Å². The Bertz CT molecular complexity index is 575. The molecule has 5 heteroatoms. The van der Waals surface area contributed by atoms with Crippen molar-refractivity contribution < 1.29 is 4.74 Å². The average Bonchev–Trinajstić information content (AvgIpc) is 3.05. The minimum Gasteiger partial charge on any atom is -0.494 e. The molecule has 0 amide bonds. The van der Waals surface area contributed by atoms with E-state index in [0.29, 0.717) is 13.0 Å². The number of nitriles is 1. The highest BCUT2D eigenvalue weighted by Crippen LogP contribution is 2.13. The lowest BCUT2D eigenvalue weighted by atomic mass is 10.2. The van der Waals surface area contributed by atoms with Crippen molar-refractivity contribution in [1.29, 1.82) is 5.26 Å². The van der Waals surface area contributed by atoms with Crippen LogP contribution in [-0.2, 0) is 13.1 Å². The summed E-state index contributed by atoms with van der Waals surface area (Å²) in [5.74, 6) is 0.869. The molecule has 1 heterocycles. The second-order valence-electron chi connectivity index (χ2n) is 5.06. The predicted octanol–water partition coefficient (Wildman–Crippen LogP) is 2.75. The largest absolute Gasteiger partial charge is 0.494 e. The Hall–Kier alpha value is -2.32. The van der Waals surface area contributed by atoms with E-state index in [4.69, 9.17) is 10.00 Å². The monoisotopic (exact) mass is 298 g/mol. The van der Waals surface area contributed by atoms with E-state index >= 15 is 0 Å². The fourth-order valence-corrected chi connectivity index (χ4v) is 2.12. The maximum absolute atomic E-state index is 8.49. The lowest BCUT2D eigenvalue weighted by molar-refractivity contribution is 0.312. The van der Waals surface area contributed by atoms with Gasteiger partial charge in [-0.1, -0.05) is 12.1 Å². The number of hydrogen-bond donors (Lipinski definition) is 1. The minimum absolute atomic E-state index is 0.539. The summed E-state index contributed by atoms with van der Waals surface area (Å²) < 4.78 is 7.58. The Balaban J connectivity index is 1.63. The zero-order valence-corrected chi connectivity index (χ0v) is 12.7. The Labute approximate surface area is 131 Å². The van der Waals surface area contributed by atoms with Crippen molar-refractivity contribution in [1.82, 2.24) is 15.1 Å². The van der Waals surface area contributed by atoms with E-state index in [9.17, 15) is 0 Å². The second-order valence-corrected chi connectivity index (χ2v) is 5.06. The fourth-order valence-electron chi connectivity index (χ4n) is 2.12. The molecule has 0 aliphatic heterocycles. The minimum atomic E-state index is 0.539. The van der Waals surface area contributed by atoms with Crippen molar-refractivity contribution in [2.45, 2.75) is 32.4 Å². The third-order valence-electron chi connectivity index (χ3n) is 3.23. The quantitative estimate of drug-likeness (QED) is 0.685. The molecule has 1 aromatic heterocycles. The molecular formula is C17H22N4O. The fraction of sp³-hybridized carbons (Fsp3) is 0.412. The Morgan fingerprint density at radius 3 is 3.05 bits per heavy atom. The second kappa shape index (κ2) is 9.59. The van der Waals surface area contributed by atoms with Crippen LogP contribution in [0.1, 0.15) is 24.8 Å². The topological polar surface area (TPSA) is 62.9 Å². The first kappa shape index (κ1) is 16.1. The molecule has 0 radical (unpaired) electrons. The summed E-state index contributed by atoms with van der Waals surface area (Å²) in [5.41, 5.74) is 1.21. The van der Waals surface area contributed by atoms with Crippen LogP contribution < -0.4 is 10.1 Å². The standard InChI is InChI=1S/C17H22N4O/c18-8-1-2-13-22-17-7-3-6-16(14-17)15-19-9-4-11-21-12-5-10-20-21/h3,5-7,10,12,14,19H,1-2,4,9,11,13,15H2. The smallest absolute Gasteiger partial charge is 0.119 e. The molecule has 0 aliphatic carbocycles. The summed E-state index contributed by atoms with van der Waals surface area (Å²) in [4.78, 5) is 0. The summed E-state index contributed by atoms with van der Waals surface area (Å²) in [6.45, 7) is 3.30. The van der Waals surface area contributed by atoms with Crippen LogP contribution in [0.2, 0.25) is 0 Å². The highest BCUT2D eigenvalue weighted by molar-refractivity contribution is 5.28. The lowest BCUT2D eigenvalue weighted by Crippen LogP contribution is -2.16. The normalized spacial score (nSPS) is 10.3. The number of ether oxygens (including phenoxy) is 1. The van der Waals surface area contributed by atoms with Crippen molar-refractivity contribution >= 4 is 0 Å². The third-order valence-corrected chi connectivity index (χ3v) is 3.23. The molecule has 116 valence electrons. The van der Waals surface area contributed by atoms with Gasteiger partial charge in [-0.3, -0.25) is 4.68 Å². The van der Waals surface area contributed by atoms with Gasteiger partial charge < -0.3 is 10.1 Å². The number of aromatic nitrogens is 2. The molecule has 0 aliphatic rings. The molecule has 0 bridgehead atoms. The molecule has 0 fully saturated rings. The molecule has 0 spiro atoms. The maximum atomic E-state index is 8.49. The van der Waals surface area contributed by atoms with Crippen molar-refractivity contribution in [2.75, 3.05) is 13.2 Å². The zero-order valence-electron chi connectivity index (χ0n) is 12.7. The third kappa shape index (κ3) is 5.98. The van der Waals surface area contributed by atoms with Crippen molar-refractivity contribution in [3.8, 4) is 11.8 Å². The Morgan fingerprint density at radius 1 is 1.27 bits per heavy atom. The summed E-state index contributed by atoms with van der Waals surface area (Å²) >= 11 is 0. The molecule has 1 N–H and O–H groups in total. The van der Waals surface area contributed by atoms with Gasteiger partial charge in [0.25, 0.3) is 0 Å². The van der Waals surface area contributed by atoms with E-state index in [1.54, 1.807) is 6.20 Å². The molecular weight excluding hydrogens is 276 g/mol. The van der Waals surface area contributed by atoms with E-state index in [0.717, 1.165) is 38.2 Å². The highest BCUT2D eigenvalue weighted by Gasteiger charge is 1.98. The van der Waals surface area contributed by atoms with Crippen LogP contribution in [0.25, 0.3) is 0 Å². The van der Waals surface area contributed by atoms with Gasteiger partial charge in [0.1, 0.15) is 5.75 Å². The van der Waals surface area contributed by atoms with E-state index in [1.165, 1.54) is 5.56 Å². The van der Waals surface area contributed by atoms with Gasteiger partial charge in [-0.25, -0.2) is 0 Å². The van der Waals surface area contributed by atoms with Gasteiger partial charge in [0, 0.05) is 31.9 Å². The summed E-state index contributed by atoms with van der Waals surface area (Å²) in [6.07, 6.45) is 6.14. The van der Waals surface area contributed by atoms with Gasteiger partial charge in [-0.05, 0) is 43.1 Å². The van der Waals surface area contributed by atoms with Crippen LogP contribution in [-0.4, -0.2) is 22.9 Å². The number of hydrogen-bond acceptors (Lipinski definition) is 4. The Kier molecular flexibility index (Phi) is 7.00. The zero-order chi connectivity index (χ0) is 15.5. The summed E-state index contributed by atoms with van der Waals surface area (Å²) in [5, 5.41) is 16.1. The predicted molar refractivity (Wildman–Crippen MR) is 85.3 cm³/mol. The summed E-state index contributed by atoms with van der Waals surface area (Å²) in [6, 6.07) is 12.1. The number of nitrogens with zero attached hydrogens (tertiary/aromatic N) is 3. The van der Waals surface area contributed by atoms with Gasteiger partial charge in [0.2, 0.25) is 0 Å². The van der Waals surface area contributed by atoms with Crippen LogP contribution in [0.5, 0.6) is 5.75 Å². The van der Waals surface area contributed by atoms with Crippen LogP contribution in [0, 0.1) is 11.3 Å². The van der Waals surface area contributed by atoms with E-state index in [2.05, 4.69) is 22.6 Å². The Morgan fingerprint density at radius 2 is 2.23 bits per heavy atom. The van der Waals surface area contributed by atoms with Crippen LogP contribution in [0.4, 0.5) is 0 Å². The number of rotatable bonds is 10. The maximum Gasteiger partial charge on any atom is 0.119 e. The molecule has 22 heavy (non-hydrogen) atoms. The molecule has 0 atom stereocenters. The first-order valence-electron chi connectivity index (χ1n) is 7.65. The van der Waals surface area contributed by atoms with Gasteiger partial charge in [0.05, 0.1) is 12.7 Å². The first-order chi connectivity index (χ1) is 10.9. The number of aryl methyl sites for hydroxylation is 1. The van der Waals surface area contributed by atoms with Crippen LogP contribution in [0.3, 0.4) is 0 Å². The number of benzene rings is 1. The van der Waals surface area contributed by atoms with Crippen molar-refractivity contribution in [3.05, 3.63) is 48.3 Å². The van der Waals surface area contributed by atoms with E-state index < -0.39 is 0 Å². The molecule has 5 nitrogen and oxygen atoms in total. The summed E-state index contributed by atoms with van der Waals surface area (Å²) in [7, 11) is 0. The number of unbranched alkanes of at least 4 members (excludes halogenated alkanes) is 1. The molecule has 1 aromatic carbocycles. The average molecular weight is 298 g/mol. The SMILES string of the molecule is N#CCCCOc1cccc(CNCCCn2cccn2)c1. The van der Waals surface area contributed by atoms with E-state index in [-0.39, 0.29) is 0 Å². The van der Waals surface area contributed by atoms with Gasteiger partial charge >= 0.3 is 0 Å². The van der Waals surface area contributed by atoms with Crippen LogP contribution in [0.15, 0.2) is 42.7 Å². The lowest BCUT2D eigenvalue weighted by Gasteiger charge is -2.08. The molecule has 0 saturated carbocycles. The van der Waals surface area contributed by atoms with Gasteiger partial charge in [0.15, 0.2) is 0 Å². The molecule has 0 saturated heterocycles. The van der Waals surface area contributed by atoms with E-state index in [1.807, 2.05) is 35.1 Å². The van der Waals surface area contributed by atoms with Crippen molar-refractivity contribution in [2.24, 2.45) is 0 Å². The van der Waals surface area contributed by atoms with Gasteiger partial charge in [-0.15, -0.1) is 0 Å². The van der Waals surface area contributed by atoms with Crippen LogP contribution >= 0.6 is 0 Å². The first-order valence-corrected chi connectivity index (χ1v) is 7.65. The number of nitrogens with one attached hydrogen (secondary N) is 1. The molecule has 0 unspecified atom stereocenters. The molecule has 2 rings (SSSR count).